The van der Waals surface area contributed by atoms with Gasteiger partial charge in [-0.15, -0.1) is 11.8 Å². The van der Waals surface area contributed by atoms with Crippen LogP contribution in [0.3, 0.4) is 0 Å². The third-order valence-electron chi connectivity index (χ3n) is 6.15. The number of rotatable bonds is 11. The number of hydrogen-bond donors (Lipinski definition) is 4. The Morgan fingerprint density at radius 3 is 1.98 bits per heavy atom. The van der Waals surface area contributed by atoms with Crippen LogP contribution >= 0.6 is 11.8 Å². The normalized spacial score (nSPS) is 11.6. The number of amides is 4. The van der Waals surface area contributed by atoms with Crippen molar-refractivity contribution in [3.05, 3.63) is 126 Å². The molecule has 43 heavy (non-hydrogen) atoms. The molecule has 0 heterocycles. The van der Waals surface area contributed by atoms with Crippen molar-refractivity contribution in [3.63, 3.8) is 0 Å². The molecule has 0 aromatic heterocycles. The standard InChI is InChI=1S/C34H32N4O4S/c1-3-31(34(42)36-27-19-17-26(18-20-27)35-23(2)39)43-29-16-10-15-28(22-29)37-33(41)30(21-24-11-6-4-7-12-24)38-32(40)25-13-8-5-9-14-25/h4-22,31H,3H2,1-2H3,(H,35,39)(H,36,42)(H,37,41)(H,38,40)/b30-21-. The minimum absolute atomic E-state index is 0.0912. The van der Waals surface area contributed by atoms with E-state index in [0.717, 1.165) is 10.5 Å². The van der Waals surface area contributed by atoms with Gasteiger partial charge in [-0.3, -0.25) is 19.2 Å². The van der Waals surface area contributed by atoms with Crippen LogP contribution in [0.4, 0.5) is 17.1 Å². The van der Waals surface area contributed by atoms with Gasteiger partial charge in [0.1, 0.15) is 5.70 Å². The molecule has 4 rings (SSSR count). The summed E-state index contributed by atoms with van der Waals surface area (Å²) in [5, 5.41) is 10.8. The van der Waals surface area contributed by atoms with Crippen molar-refractivity contribution in [3.8, 4) is 0 Å². The highest BCUT2D eigenvalue weighted by Gasteiger charge is 2.19. The number of thioether (sulfide) groups is 1. The summed E-state index contributed by atoms with van der Waals surface area (Å²) in [6.45, 7) is 3.36. The molecule has 0 radical (unpaired) electrons. The second-order valence-corrected chi connectivity index (χ2v) is 10.8. The minimum atomic E-state index is -0.484. The molecule has 4 N–H and O–H groups in total. The number of anilines is 3. The zero-order chi connectivity index (χ0) is 30.6. The van der Waals surface area contributed by atoms with Gasteiger partial charge in [-0.05, 0) is 72.7 Å². The molecule has 0 aliphatic heterocycles. The maximum Gasteiger partial charge on any atom is 0.272 e. The first kappa shape index (κ1) is 30.8. The van der Waals surface area contributed by atoms with Crippen molar-refractivity contribution < 1.29 is 19.2 Å². The Labute approximate surface area is 255 Å². The summed E-state index contributed by atoms with van der Waals surface area (Å²) in [5.74, 6) is -1.21. The van der Waals surface area contributed by atoms with Crippen LogP contribution in [0.1, 0.15) is 36.2 Å². The van der Waals surface area contributed by atoms with Crippen LogP contribution < -0.4 is 21.3 Å². The third kappa shape index (κ3) is 9.44. The Morgan fingerprint density at radius 2 is 1.35 bits per heavy atom. The van der Waals surface area contributed by atoms with E-state index in [0.29, 0.717) is 29.0 Å². The Kier molecular flexibility index (Phi) is 10.9. The summed E-state index contributed by atoms with van der Waals surface area (Å²) in [5.41, 5.74) is 3.06. The quantitative estimate of drug-likeness (QED) is 0.116. The first-order valence-electron chi connectivity index (χ1n) is 13.7. The van der Waals surface area contributed by atoms with Crippen molar-refractivity contribution in [2.24, 2.45) is 0 Å². The summed E-state index contributed by atoms with van der Waals surface area (Å²) in [7, 11) is 0. The molecule has 1 unspecified atom stereocenters. The largest absolute Gasteiger partial charge is 0.326 e. The maximum atomic E-state index is 13.4. The number of carbonyl (C=O) groups excluding carboxylic acids is 4. The summed E-state index contributed by atoms with van der Waals surface area (Å²) in [6.07, 6.45) is 2.20. The van der Waals surface area contributed by atoms with E-state index in [9.17, 15) is 19.2 Å². The molecule has 0 saturated heterocycles. The number of nitrogens with one attached hydrogen (secondary N) is 4. The Hall–Kier alpha value is -5.15. The molecule has 0 saturated carbocycles. The zero-order valence-corrected chi connectivity index (χ0v) is 24.6. The third-order valence-corrected chi connectivity index (χ3v) is 7.50. The van der Waals surface area contributed by atoms with Gasteiger partial charge in [0.25, 0.3) is 11.8 Å². The van der Waals surface area contributed by atoms with Gasteiger partial charge in [0, 0.05) is 34.4 Å². The fraction of sp³-hybridized carbons (Fsp3) is 0.118. The second kappa shape index (κ2) is 15.2. The predicted molar refractivity (Wildman–Crippen MR) is 173 cm³/mol. The summed E-state index contributed by atoms with van der Waals surface area (Å²) in [6, 6.07) is 32.0. The Balaban J connectivity index is 1.45. The van der Waals surface area contributed by atoms with Crippen LogP contribution in [0.15, 0.2) is 120 Å². The topological polar surface area (TPSA) is 116 Å². The number of carbonyl (C=O) groups is 4. The van der Waals surface area contributed by atoms with Gasteiger partial charge < -0.3 is 21.3 Å². The molecule has 8 nitrogen and oxygen atoms in total. The lowest BCUT2D eigenvalue weighted by Gasteiger charge is -2.16. The van der Waals surface area contributed by atoms with Gasteiger partial charge in [-0.25, -0.2) is 0 Å². The van der Waals surface area contributed by atoms with Crippen LogP contribution in [0, 0.1) is 0 Å². The molecule has 0 fully saturated rings. The minimum Gasteiger partial charge on any atom is -0.326 e. The second-order valence-electron chi connectivity index (χ2n) is 9.53. The van der Waals surface area contributed by atoms with Crippen molar-refractivity contribution in [1.29, 1.82) is 0 Å². The molecular formula is C34H32N4O4S. The molecule has 1 atom stereocenters. The fourth-order valence-electron chi connectivity index (χ4n) is 4.05. The molecule has 0 bridgehead atoms. The molecule has 4 amide bonds. The fourth-order valence-corrected chi connectivity index (χ4v) is 5.07. The van der Waals surface area contributed by atoms with E-state index in [-0.39, 0.29) is 22.8 Å². The highest BCUT2D eigenvalue weighted by Crippen LogP contribution is 2.29. The first-order valence-corrected chi connectivity index (χ1v) is 14.6. The molecule has 4 aromatic rings. The van der Waals surface area contributed by atoms with Crippen molar-refractivity contribution in [2.45, 2.75) is 30.4 Å². The van der Waals surface area contributed by atoms with Gasteiger partial charge in [0.05, 0.1) is 5.25 Å². The van der Waals surface area contributed by atoms with Gasteiger partial charge in [-0.1, -0.05) is 61.5 Å². The molecular weight excluding hydrogens is 560 g/mol. The number of hydrogen-bond acceptors (Lipinski definition) is 5. The van der Waals surface area contributed by atoms with Gasteiger partial charge >= 0.3 is 0 Å². The first-order chi connectivity index (χ1) is 20.8. The van der Waals surface area contributed by atoms with Crippen LogP contribution in [-0.4, -0.2) is 28.9 Å². The van der Waals surface area contributed by atoms with Crippen molar-refractivity contribution in [1.82, 2.24) is 5.32 Å². The van der Waals surface area contributed by atoms with Crippen LogP contribution in [-0.2, 0) is 14.4 Å². The van der Waals surface area contributed by atoms with Crippen molar-refractivity contribution >= 4 is 58.5 Å². The van der Waals surface area contributed by atoms with Crippen LogP contribution in [0.5, 0.6) is 0 Å². The van der Waals surface area contributed by atoms with Crippen molar-refractivity contribution in [2.75, 3.05) is 16.0 Å². The molecule has 4 aromatic carbocycles. The lowest BCUT2D eigenvalue weighted by atomic mass is 10.1. The van der Waals surface area contributed by atoms with Gasteiger partial charge in [0.15, 0.2) is 0 Å². The van der Waals surface area contributed by atoms with Crippen LogP contribution in [0.2, 0.25) is 0 Å². The van der Waals surface area contributed by atoms with E-state index >= 15 is 0 Å². The average molecular weight is 593 g/mol. The molecule has 0 aliphatic carbocycles. The molecule has 218 valence electrons. The van der Waals surface area contributed by atoms with Crippen LogP contribution in [0.25, 0.3) is 6.08 Å². The smallest absolute Gasteiger partial charge is 0.272 e. The van der Waals surface area contributed by atoms with Gasteiger partial charge in [0.2, 0.25) is 11.8 Å². The number of benzene rings is 4. The molecule has 9 heteroatoms. The Bertz CT molecular complexity index is 1610. The Morgan fingerprint density at radius 1 is 0.721 bits per heavy atom. The summed E-state index contributed by atoms with van der Waals surface area (Å²) in [4.78, 5) is 51.3. The van der Waals surface area contributed by atoms with Gasteiger partial charge in [-0.2, -0.15) is 0 Å². The lowest BCUT2D eigenvalue weighted by Crippen LogP contribution is -2.30. The average Bonchev–Trinajstić information content (AvgIpc) is 3.01. The highest BCUT2D eigenvalue weighted by molar-refractivity contribution is 8.00. The SMILES string of the molecule is CCC(Sc1cccc(NC(=O)/C(=C/c2ccccc2)NC(=O)c2ccccc2)c1)C(=O)Nc1ccc(NC(C)=O)cc1. The highest BCUT2D eigenvalue weighted by atomic mass is 32.2. The van der Waals surface area contributed by atoms with E-state index in [1.807, 2.05) is 49.4 Å². The van der Waals surface area contributed by atoms with E-state index in [4.69, 9.17) is 0 Å². The maximum absolute atomic E-state index is 13.4. The predicted octanol–water partition coefficient (Wildman–Crippen LogP) is 6.56. The van der Waals surface area contributed by atoms with E-state index in [1.165, 1.54) is 18.7 Å². The molecule has 0 spiro atoms. The van der Waals surface area contributed by atoms with E-state index in [2.05, 4.69) is 21.3 Å². The monoisotopic (exact) mass is 592 g/mol. The molecule has 0 aliphatic rings. The van der Waals surface area contributed by atoms with E-state index in [1.54, 1.807) is 72.8 Å². The lowest BCUT2D eigenvalue weighted by molar-refractivity contribution is -0.116. The summed E-state index contributed by atoms with van der Waals surface area (Å²) >= 11 is 1.38. The van der Waals surface area contributed by atoms with E-state index < -0.39 is 11.8 Å². The summed E-state index contributed by atoms with van der Waals surface area (Å²) < 4.78 is 0. The zero-order valence-electron chi connectivity index (χ0n) is 23.8.